The third-order valence-electron chi connectivity index (χ3n) is 6.62. The van der Waals surface area contributed by atoms with Gasteiger partial charge in [0.2, 0.25) is 5.95 Å². The van der Waals surface area contributed by atoms with E-state index in [1.165, 1.54) is 17.5 Å². The Morgan fingerprint density at radius 3 is 2.54 bits per heavy atom. The SMILES string of the molecule is CCN1CCN(c2ccc(Nc3ncc(F)c(-c4sc5c(C(C)C)n(C)nc5c4C)n3)nc2)CC1. The second kappa shape index (κ2) is 9.50. The van der Waals surface area contributed by atoms with Crippen LogP contribution < -0.4 is 10.2 Å². The fourth-order valence-electron chi connectivity index (χ4n) is 4.68. The highest BCUT2D eigenvalue weighted by molar-refractivity contribution is 7.22. The average Bonchev–Trinajstić information content (AvgIpc) is 3.35. The van der Waals surface area contributed by atoms with Crippen molar-refractivity contribution in [1.29, 1.82) is 0 Å². The molecule has 10 heteroatoms. The molecule has 0 spiro atoms. The van der Waals surface area contributed by atoms with Gasteiger partial charge in [-0.05, 0) is 37.1 Å². The van der Waals surface area contributed by atoms with Gasteiger partial charge in [0.25, 0.3) is 0 Å². The second-order valence-corrected chi connectivity index (χ2v) is 10.3. The number of nitrogens with zero attached hydrogens (tertiary/aromatic N) is 7. The number of pyridine rings is 1. The van der Waals surface area contributed by atoms with E-state index in [0.29, 0.717) is 17.7 Å². The van der Waals surface area contributed by atoms with Crippen LogP contribution in [0.25, 0.3) is 20.8 Å². The van der Waals surface area contributed by atoms with Crippen LogP contribution in [0.1, 0.15) is 37.9 Å². The molecule has 8 nitrogen and oxygen atoms in total. The molecule has 0 aliphatic carbocycles. The number of likely N-dealkylation sites (N-methyl/N-ethyl adjacent to an activating group) is 1. The second-order valence-electron chi connectivity index (χ2n) is 9.24. The van der Waals surface area contributed by atoms with Gasteiger partial charge in [-0.1, -0.05) is 20.8 Å². The molecule has 1 aliphatic heterocycles. The molecule has 0 amide bonds. The van der Waals surface area contributed by atoms with E-state index in [-0.39, 0.29) is 5.69 Å². The van der Waals surface area contributed by atoms with E-state index < -0.39 is 5.82 Å². The van der Waals surface area contributed by atoms with Gasteiger partial charge in [0.15, 0.2) is 5.82 Å². The first kappa shape index (κ1) is 23.6. The van der Waals surface area contributed by atoms with Gasteiger partial charge in [0.1, 0.15) is 17.0 Å². The highest BCUT2D eigenvalue weighted by Crippen LogP contribution is 2.41. The van der Waals surface area contributed by atoms with Crippen LogP contribution in [0.15, 0.2) is 24.5 Å². The number of thiophene rings is 1. The van der Waals surface area contributed by atoms with Crippen LogP contribution in [-0.2, 0) is 7.05 Å². The Labute approximate surface area is 208 Å². The van der Waals surface area contributed by atoms with E-state index in [1.54, 1.807) is 0 Å². The van der Waals surface area contributed by atoms with Crippen molar-refractivity contribution >= 4 is 39.0 Å². The largest absolute Gasteiger partial charge is 0.368 e. The standard InChI is InChI=1S/C25H31FN8S/c1-6-33-9-11-34(12-10-33)17-7-8-19(27-13-17)29-25-28-14-18(26)21(30-25)23-16(4)20-24(35-23)22(15(2)3)32(5)31-20/h7-8,13-15H,6,9-12H2,1-5H3,(H,27,28,29,30). The van der Waals surface area contributed by atoms with Crippen LogP contribution in [0.4, 0.5) is 21.8 Å². The predicted octanol–water partition coefficient (Wildman–Crippen LogP) is 4.94. The van der Waals surface area contributed by atoms with Crippen molar-refractivity contribution in [3.63, 3.8) is 0 Å². The minimum atomic E-state index is -0.451. The van der Waals surface area contributed by atoms with Crippen molar-refractivity contribution in [3.8, 4) is 10.6 Å². The summed E-state index contributed by atoms with van der Waals surface area (Å²) in [5, 5.41) is 7.82. The molecular formula is C25H31FN8S. The number of rotatable bonds is 6. The molecule has 1 saturated heterocycles. The van der Waals surface area contributed by atoms with Gasteiger partial charge in [-0.3, -0.25) is 4.68 Å². The van der Waals surface area contributed by atoms with Gasteiger partial charge in [0, 0.05) is 33.2 Å². The number of hydrogen-bond donors (Lipinski definition) is 1. The summed E-state index contributed by atoms with van der Waals surface area (Å²) in [6, 6.07) is 3.97. The number of fused-ring (bicyclic) bond motifs is 1. The zero-order valence-electron chi connectivity index (χ0n) is 20.8. The Balaban J connectivity index is 1.38. The Morgan fingerprint density at radius 1 is 1.11 bits per heavy atom. The van der Waals surface area contributed by atoms with Gasteiger partial charge in [-0.2, -0.15) is 5.10 Å². The highest BCUT2D eigenvalue weighted by atomic mass is 32.1. The maximum atomic E-state index is 14.9. The van der Waals surface area contributed by atoms with Crippen molar-refractivity contribution in [1.82, 2.24) is 29.6 Å². The molecule has 4 aromatic rings. The number of aromatic nitrogens is 5. The van der Waals surface area contributed by atoms with Crippen molar-refractivity contribution in [3.05, 3.63) is 41.6 Å². The van der Waals surface area contributed by atoms with E-state index in [4.69, 9.17) is 0 Å². The molecule has 0 atom stereocenters. The summed E-state index contributed by atoms with van der Waals surface area (Å²) in [4.78, 5) is 18.8. The number of hydrogen-bond acceptors (Lipinski definition) is 8. The van der Waals surface area contributed by atoms with Crippen LogP contribution in [0.3, 0.4) is 0 Å². The number of anilines is 3. The lowest BCUT2D eigenvalue weighted by Crippen LogP contribution is -2.46. The first-order chi connectivity index (χ1) is 16.9. The molecule has 4 aromatic heterocycles. The molecule has 1 fully saturated rings. The first-order valence-corrected chi connectivity index (χ1v) is 12.9. The molecule has 0 aromatic carbocycles. The Morgan fingerprint density at radius 2 is 1.89 bits per heavy atom. The van der Waals surface area contributed by atoms with Gasteiger partial charge in [-0.15, -0.1) is 11.3 Å². The molecular weight excluding hydrogens is 463 g/mol. The Kier molecular flexibility index (Phi) is 6.41. The molecule has 5 rings (SSSR count). The maximum absolute atomic E-state index is 14.9. The number of halogens is 1. The molecule has 35 heavy (non-hydrogen) atoms. The van der Waals surface area contributed by atoms with Crippen molar-refractivity contribution < 1.29 is 4.39 Å². The minimum Gasteiger partial charge on any atom is -0.368 e. The summed E-state index contributed by atoms with van der Waals surface area (Å²) in [7, 11) is 1.96. The zero-order valence-corrected chi connectivity index (χ0v) is 21.7. The molecule has 0 radical (unpaired) electrons. The lowest BCUT2D eigenvalue weighted by Gasteiger charge is -2.35. The van der Waals surface area contributed by atoms with Gasteiger partial charge in [-0.25, -0.2) is 19.3 Å². The third kappa shape index (κ3) is 4.48. The monoisotopic (exact) mass is 494 g/mol. The zero-order chi connectivity index (χ0) is 24.7. The van der Waals surface area contributed by atoms with E-state index in [9.17, 15) is 4.39 Å². The Bertz CT molecular complexity index is 1340. The molecule has 1 N–H and O–H groups in total. The topological polar surface area (TPSA) is 75.0 Å². The predicted molar refractivity (Wildman–Crippen MR) is 140 cm³/mol. The van der Waals surface area contributed by atoms with Crippen LogP contribution in [0.2, 0.25) is 0 Å². The smallest absolute Gasteiger partial charge is 0.229 e. The van der Waals surface area contributed by atoms with Gasteiger partial charge < -0.3 is 15.1 Å². The minimum absolute atomic E-state index is 0.283. The average molecular weight is 495 g/mol. The van der Waals surface area contributed by atoms with Crippen molar-refractivity contribution in [2.24, 2.45) is 7.05 Å². The lowest BCUT2D eigenvalue weighted by atomic mass is 10.1. The molecule has 0 bridgehead atoms. The lowest BCUT2D eigenvalue weighted by molar-refractivity contribution is 0.271. The van der Waals surface area contributed by atoms with Crippen LogP contribution in [0.5, 0.6) is 0 Å². The molecule has 0 unspecified atom stereocenters. The van der Waals surface area contributed by atoms with Crippen LogP contribution in [0, 0.1) is 12.7 Å². The fourth-order valence-corrected chi connectivity index (χ4v) is 6.14. The number of nitrogens with one attached hydrogen (secondary N) is 1. The fraction of sp³-hybridized carbons (Fsp3) is 0.440. The summed E-state index contributed by atoms with van der Waals surface area (Å²) in [5.41, 5.74) is 4.36. The highest BCUT2D eigenvalue weighted by Gasteiger charge is 2.23. The van der Waals surface area contributed by atoms with E-state index in [1.807, 2.05) is 30.9 Å². The van der Waals surface area contributed by atoms with Gasteiger partial charge >= 0.3 is 0 Å². The molecule has 0 saturated carbocycles. The maximum Gasteiger partial charge on any atom is 0.229 e. The van der Waals surface area contributed by atoms with E-state index >= 15 is 0 Å². The molecule has 1 aliphatic rings. The van der Waals surface area contributed by atoms with Crippen molar-refractivity contribution in [2.45, 2.75) is 33.6 Å². The van der Waals surface area contributed by atoms with E-state index in [2.05, 4.69) is 62.0 Å². The Hall–Kier alpha value is -3.11. The van der Waals surface area contributed by atoms with Crippen LogP contribution >= 0.6 is 11.3 Å². The molecule has 184 valence electrons. The summed E-state index contributed by atoms with van der Waals surface area (Å²) >= 11 is 1.54. The normalized spacial score (nSPS) is 14.9. The number of piperazine rings is 1. The summed E-state index contributed by atoms with van der Waals surface area (Å²) < 4.78 is 17.9. The first-order valence-electron chi connectivity index (χ1n) is 12.0. The summed E-state index contributed by atoms with van der Waals surface area (Å²) in [6.07, 6.45) is 3.08. The number of aryl methyl sites for hydroxylation is 2. The summed E-state index contributed by atoms with van der Waals surface area (Å²) in [5.74, 6) is 0.796. The third-order valence-corrected chi connectivity index (χ3v) is 7.93. The van der Waals surface area contributed by atoms with Gasteiger partial charge in [0.05, 0.1) is 33.4 Å². The molecule has 5 heterocycles. The van der Waals surface area contributed by atoms with E-state index in [0.717, 1.165) is 64.8 Å². The van der Waals surface area contributed by atoms with Crippen molar-refractivity contribution in [2.75, 3.05) is 42.9 Å². The quantitative estimate of drug-likeness (QED) is 0.407. The van der Waals surface area contributed by atoms with Crippen LogP contribution in [-0.4, -0.2) is 62.4 Å². The summed E-state index contributed by atoms with van der Waals surface area (Å²) in [6.45, 7) is 13.7.